The maximum Gasteiger partial charge on any atom is 0.410 e. The van der Waals surface area contributed by atoms with Gasteiger partial charge in [0.25, 0.3) is 11.8 Å². The number of amides is 2. The van der Waals surface area contributed by atoms with Gasteiger partial charge in [-0.25, -0.2) is 9.78 Å². The first kappa shape index (κ1) is 31.9. The zero-order chi connectivity index (χ0) is 33.0. The van der Waals surface area contributed by atoms with Crippen molar-refractivity contribution in [2.24, 2.45) is 0 Å². The molecule has 1 saturated heterocycles. The highest BCUT2D eigenvalue weighted by Gasteiger charge is 2.27. The number of carbonyl (C=O) groups is 2. The minimum atomic E-state index is -0.543. The van der Waals surface area contributed by atoms with Crippen molar-refractivity contribution >= 4 is 29.5 Å². The van der Waals surface area contributed by atoms with Crippen LogP contribution in [0.15, 0.2) is 59.1 Å². The Morgan fingerprint density at radius 1 is 1.09 bits per heavy atom. The molecule has 1 unspecified atom stereocenters. The van der Waals surface area contributed by atoms with E-state index in [1.807, 2.05) is 63.2 Å². The molecular weight excluding hydrogens is 602 g/mol. The van der Waals surface area contributed by atoms with E-state index >= 15 is 0 Å². The number of nitrogens with zero attached hydrogens (tertiary/aromatic N) is 6. The molecule has 2 amide bonds. The summed E-state index contributed by atoms with van der Waals surface area (Å²) in [5.41, 5.74) is 3.15. The fraction of sp³-hybridized carbons (Fsp3) is 0.394. The van der Waals surface area contributed by atoms with E-state index < -0.39 is 11.6 Å². The Kier molecular flexibility index (Phi) is 9.31. The average Bonchev–Trinajstić information content (AvgIpc) is 3.52. The van der Waals surface area contributed by atoms with Gasteiger partial charge in [0.2, 0.25) is 11.8 Å². The van der Waals surface area contributed by atoms with Crippen molar-refractivity contribution in [2.45, 2.75) is 45.4 Å². The Balaban J connectivity index is 1.20. The lowest BCUT2D eigenvalue weighted by Gasteiger charge is -2.34. The number of hydrogen-bond donors (Lipinski definition) is 4. The number of hydrogen-bond acceptors (Lipinski definition) is 12. The monoisotopic (exact) mass is 641 g/mol. The molecule has 14 heteroatoms. The van der Waals surface area contributed by atoms with E-state index in [1.165, 1.54) is 0 Å². The van der Waals surface area contributed by atoms with Crippen LogP contribution < -0.4 is 16.0 Å². The van der Waals surface area contributed by atoms with Gasteiger partial charge in [-0.15, -0.1) is 10.2 Å². The van der Waals surface area contributed by atoms with Crippen molar-refractivity contribution in [3.05, 3.63) is 77.3 Å². The number of anilines is 3. The zero-order valence-corrected chi connectivity index (χ0v) is 26.7. The zero-order valence-electron chi connectivity index (χ0n) is 26.7. The molecule has 0 saturated carbocycles. The van der Waals surface area contributed by atoms with Crippen molar-refractivity contribution in [2.75, 3.05) is 50.0 Å². The Morgan fingerprint density at radius 2 is 1.87 bits per heavy atom. The van der Waals surface area contributed by atoms with Crippen LogP contribution in [0.5, 0.6) is 0 Å². The third-order valence-corrected chi connectivity index (χ3v) is 7.85. The molecule has 6 rings (SSSR count). The summed E-state index contributed by atoms with van der Waals surface area (Å²) in [7, 11) is 0. The van der Waals surface area contributed by atoms with E-state index in [9.17, 15) is 14.7 Å². The number of aliphatic hydroxyl groups is 1. The normalized spacial score (nSPS) is 15.8. The highest BCUT2D eigenvalue weighted by Crippen LogP contribution is 2.30. The minimum Gasteiger partial charge on any atom is -0.444 e. The number of fused-ring (bicyclic) bond motifs is 1. The van der Waals surface area contributed by atoms with Crippen molar-refractivity contribution < 1.29 is 23.8 Å². The summed E-state index contributed by atoms with van der Waals surface area (Å²) in [6.07, 6.45) is 2.02. The molecule has 4 heterocycles. The van der Waals surface area contributed by atoms with Crippen LogP contribution in [-0.4, -0.2) is 92.0 Å². The summed E-state index contributed by atoms with van der Waals surface area (Å²) in [6.45, 7) is 8.72. The number of benzene rings is 2. The van der Waals surface area contributed by atoms with Crippen LogP contribution in [0.25, 0.3) is 11.5 Å². The number of aliphatic hydroxyl groups excluding tert-OH is 1. The van der Waals surface area contributed by atoms with Gasteiger partial charge in [0.1, 0.15) is 11.4 Å². The van der Waals surface area contributed by atoms with E-state index in [1.54, 1.807) is 17.2 Å². The summed E-state index contributed by atoms with van der Waals surface area (Å²) in [6, 6.07) is 14.6. The highest BCUT2D eigenvalue weighted by atomic mass is 16.6. The van der Waals surface area contributed by atoms with E-state index in [4.69, 9.17) is 14.1 Å². The van der Waals surface area contributed by atoms with Gasteiger partial charge < -0.3 is 35.1 Å². The molecule has 47 heavy (non-hydrogen) atoms. The molecule has 2 aromatic carbocycles. The maximum absolute atomic E-state index is 12.4. The molecule has 4 aromatic rings. The van der Waals surface area contributed by atoms with E-state index in [2.05, 4.69) is 36.0 Å². The van der Waals surface area contributed by atoms with Gasteiger partial charge in [-0.05, 0) is 56.5 Å². The molecule has 0 spiro atoms. The Labute approximate surface area is 272 Å². The third kappa shape index (κ3) is 7.84. The molecule has 2 aromatic heterocycles. The van der Waals surface area contributed by atoms with Gasteiger partial charge in [0, 0.05) is 50.2 Å². The highest BCUT2D eigenvalue weighted by molar-refractivity contribution is 5.97. The fourth-order valence-corrected chi connectivity index (χ4v) is 5.46. The quantitative estimate of drug-likeness (QED) is 0.209. The topological polar surface area (TPSA) is 171 Å². The number of aromatic nitrogens is 4. The lowest BCUT2D eigenvalue weighted by molar-refractivity contribution is 0.0133. The third-order valence-electron chi connectivity index (χ3n) is 7.85. The Hall–Kier alpha value is -5.08. The second-order valence-electron chi connectivity index (χ2n) is 12.5. The van der Waals surface area contributed by atoms with Gasteiger partial charge in [0.15, 0.2) is 0 Å². The summed E-state index contributed by atoms with van der Waals surface area (Å²) >= 11 is 0. The number of carbonyl (C=O) groups excluding carboxylic acids is 2. The lowest BCUT2D eigenvalue weighted by atomic mass is 10.00. The molecule has 1 fully saturated rings. The number of piperazine rings is 1. The van der Waals surface area contributed by atoms with Gasteiger partial charge in [-0.1, -0.05) is 30.3 Å². The van der Waals surface area contributed by atoms with Crippen molar-refractivity contribution in [1.82, 2.24) is 35.3 Å². The van der Waals surface area contributed by atoms with Gasteiger partial charge >= 0.3 is 6.09 Å². The second-order valence-corrected chi connectivity index (χ2v) is 12.5. The van der Waals surface area contributed by atoms with Gasteiger partial charge in [-0.2, -0.15) is 4.98 Å². The van der Waals surface area contributed by atoms with Crippen molar-refractivity contribution in [3.63, 3.8) is 0 Å². The predicted molar refractivity (Wildman–Crippen MR) is 174 cm³/mol. The SMILES string of the molecule is CC(C)(C)OC(=O)N1CCN(Cc2nnc(-c3cnc(Nc4ccc5c(c4)CCNC5=O)nc3NC(CO)c3ccccc3)o2)CC1. The number of ether oxygens (including phenoxy) is 1. The molecule has 0 aliphatic carbocycles. The molecule has 246 valence electrons. The summed E-state index contributed by atoms with van der Waals surface area (Å²) in [5.74, 6) is 1.26. The minimum absolute atomic E-state index is 0.0807. The van der Waals surface area contributed by atoms with Crippen LogP contribution in [0.1, 0.15) is 54.2 Å². The summed E-state index contributed by atoms with van der Waals surface area (Å²) in [4.78, 5) is 37.8. The van der Waals surface area contributed by atoms with Crippen LogP contribution in [0.3, 0.4) is 0 Å². The molecule has 0 radical (unpaired) electrons. The summed E-state index contributed by atoms with van der Waals surface area (Å²) < 4.78 is 11.6. The lowest BCUT2D eigenvalue weighted by Crippen LogP contribution is -2.49. The first-order chi connectivity index (χ1) is 22.6. The van der Waals surface area contributed by atoms with Crippen LogP contribution in [-0.2, 0) is 17.7 Å². The molecule has 14 nitrogen and oxygen atoms in total. The fourth-order valence-electron chi connectivity index (χ4n) is 5.46. The van der Waals surface area contributed by atoms with Crippen LogP contribution in [0, 0.1) is 0 Å². The predicted octanol–water partition coefficient (Wildman–Crippen LogP) is 3.75. The Morgan fingerprint density at radius 3 is 2.62 bits per heavy atom. The largest absolute Gasteiger partial charge is 0.444 e. The molecular formula is C33H39N9O5. The number of nitrogens with one attached hydrogen (secondary N) is 3. The van der Waals surface area contributed by atoms with Crippen molar-refractivity contribution in [3.8, 4) is 11.5 Å². The van der Waals surface area contributed by atoms with E-state index in [0.717, 1.165) is 23.2 Å². The average molecular weight is 642 g/mol. The molecule has 4 N–H and O–H groups in total. The van der Waals surface area contributed by atoms with Gasteiger partial charge in [0.05, 0.1) is 24.8 Å². The molecule has 1 atom stereocenters. The second kappa shape index (κ2) is 13.7. The molecule has 2 aliphatic rings. The molecule has 2 aliphatic heterocycles. The van der Waals surface area contributed by atoms with E-state index in [0.29, 0.717) is 68.1 Å². The summed E-state index contributed by atoms with van der Waals surface area (Å²) in [5, 5.41) is 28.3. The number of rotatable bonds is 9. The standard InChI is InChI=1S/C33H39N9O5/c1-33(2,3)47-32(45)42-15-13-41(14-16-42)19-27-39-40-30(46-27)25-18-35-31(36-23-9-10-24-22(17-23)11-12-34-29(24)44)38-28(25)37-26(20-43)21-7-5-4-6-8-21/h4-10,17-18,26,43H,11-16,19-20H2,1-3H3,(H,34,44)(H2,35,36,37,38). The Bertz CT molecular complexity index is 1720. The van der Waals surface area contributed by atoms with Gasteiger partial charge in [-0.3, -0.25) is 9.69 Å². The first-order valence-electron chi connectivity index (χ1n) is 15.7. The molecule has 0 bridgehead atoms. The van der Waals surface area contributed by atoms with Crippen LogP contribution >= 0.6 is 0 Å². The smallest absolute Gasteiger partial charge is 0.410 e. The first-order valence-corrected chi connectivity index (χ1v) is 15.7. The van der Waals surface area contributed by atoms with Crippen LogP contribution in [0.2, 0.25) is 0 Å². The van der Waals surface area contributed by atoms with Crippen LogP contribution in [0.4, 0.5) is 22.2 Å². The van der Waals surface area contributed by atoms with Crippen molar-refractivity contribution in [1.29, 1.82) is 0 Å². The maximum atomic E-state index is 12.4. The van der Waals surface area contributed by atoms with E-state index in [-0.39, 0.29) is 24.5 Å².